The number of nitro benzene ring substituents is 1. The number of rotatable bonds is 10. The van der Waals surface area contributed by atoms with Gasteiger partial charge in [-0.1, -0.05) is 32.6 Å². The van der Waals surface area contributed by atoms with Crippen molar-refractivity contribution in [2.45, 2.75) is 39.0 Å². The number of nitrogens with zero attached hydrogens (tertiary/aromatic N) is 1. The molecule has 1 amide bonds. The Morgan fingerprint density at radius 1 is 0.929 bits per heavy atom. The highest BCUT2D eigenvalue weighted by Crippen LogP contribution is 2.15. The zero-order valence-electron chi connectivity index (χ0n) is 15.8. The summed E-state index contributed by atoms with van der Waals surface area (Å²) < 4.78 is 5.25. The summed E-state index contributed by atoms with van der Waals surface area (Å²) in [6.07, 6.45) is 5.43. The summed E-state index contributed by atoms with van der Waals surface area (Å²) in [5, 5.41) is 13.3. The third-order valence-electron chi connectivity index (χ3n) is 4.20. The van der Waals surface area contributed by atoms with Gasteiger partial charge in [0.2, 0.25) is 0 Å². The number of carbonyl (C=O) groups is 2. The molecule has 0 bridgehead atoms. The van der Waals surface area contributed by atoms with Crippen molar-refractivity contribution in [2.75, 3.05) is 11.9 Å². The van der Waals surface area contributed by atoms with Crippen LogP contribution in [0.5, 0.6) is 0 Å². The number of nitrogens with one attached hydrogen (secondary N) is 1. The highest BCUT2D eigenvalue weighted by atomic mass is 16.6. The zero-order valence-corrected chi connectivity index (χ0v) is 15.8. The molecule has 2 aromatic carbocycles. The van der Waals surface area contributed by atoms with Crippen molar-refractivity contribution in [2.24, 2.45) is 0 Å². The molecule has 0 saturated heterocycles. The molecule has 1 N–H and O–H groups in total. The lowest BCUT2D eigenvalue weighted by molar-refractivity contribution is -0.384. The van der Waals surface area contributed by atoms with Gasteiger partial charge in [-0.25, -0.2) is 4.79 Å². The first-order chi connectivity index (χ1) is 13.5. The predicted molar refractivity (Wildman–Crippen MR) is 107 cm³/mol. The van der Waals surface area contributed by atoms with Crippen LogP contribution in [0, 0.1) is 10.1 Å². The highest BCUT2D eigenvalue weighted by molar-refractivity contribution is 6.04. The molecule has 2 aromatic rings. The first kappa shape index (κ1) is 21.1. The molecule has 0 heterocycles. The van der Waals surface area contributed by atoms with Gasteiger partial charge in [-0.15, -0.1) is 0 Å². The Bertz CT molecular complexity index is 801. The van der Waals surface area contributed by atoms with Crippen molar-refractivity contribution in [1.82, 2.24) is 0 Å². The van der Waals surface area contributed by atoms with Crippen molar-refractivity contribution in [3.8, 4) is 0 Å². The van der Waals surface area contributed by atoms with Crippen molar-refractivity contribution in [3.63, 3.8) is 0 Å². The van der Waals surface area contributed by atoms with E-state index >= 15 is 0 Å². The fourth-order valence-electron chi connectivity index (χ4n) is 2.58. The molecular weight excluding hydrogens is 360 g/mol. The van der Waals surface area contributed by atoms with Gasteiger partial charge in [-0.2, -0.15) is 0 Å². The number of nitro groups is 1. The Morgan fingerprint density at radius 3 is 2.14 bits per heavy atom. The molecule has 0 atom stereocenters. The number of non-ortho nitro benzene ring substituents is 1. The fraction of sp³-hybridized carbons (Fsp3) is 0.333. The predicted octanol–water partition coefficient (Wildman–Crippen LogP) is 4.97. The maximum atomic E-state index is 12.2. The number of hydrogen-bond acceptors (Lipinski definition) is 5. The van der Waals surface area contributed by atoms with Gasteiger partial charge in [-0.3, -0.25) is 14.9 Å². The van der Waals surface area contributed by atoms with Gasteiger partial charge in [0, 0.05) is 23.4 Å². The number of benzene rings is 2. The monoisotopic (exact) mass is 384 g/mol. The molecule has 0 radical (unpaired) electrons. The normalized spacial score (nSPS) is 10.3. The van der Waals surface area contributed by atoms with E-state index in [1.54, 1.807) is 24.3 Å². The molecule has 0 unspecified atom stereocenters. The largest absolute Gasteiger partial charge is 0.462 e. The van der Waals surface area contributed by atoms with E-state index in [9.17, 15) is 19.7 Å². The van der Waals surface area contributed by atoms with E-state index in [1.807, 2.05) is 0 Å². The van der Waals surface area contributed by atoms with Crippen LogP contribution >= 0.6 is 0 Å². The molecule has 2 rings (SSSR count). The summed E-state index contributed by atoms with van der Waals surface area (Å²) in [5.41, 5.74) is 1.16. The van der Waals surface area contributed by atoms with E-state index in [1.165, 1.54) is 37.1 Å². The van der Waals surface area contributed by atoms with Crippen molar-refractivity contribution >= 4 is 23.3 Å². The van der Waals surface area contributed by atoms with Gasteiger partial charge < -0.3 is 10.1 Å². The van der Waals surface area contributed by atoms with E-state index in [-0.39, 0.29) is 11.7 Å². The number of esters is 1. The molecular formula is C21H24N2O5. The van der Waals surface area contributed by atoms with Gasteiger partial charge in [0.25, 0.3) is 11.6 Å². The van der Waals surface area contributed by atoms with Gasteiger partial charge in [0.1, 0.15) is 0 Å². The molecule has 148 valence electrons. The quantitative estimate of drug-likeness (QED) is 0.270. The molecule has 0 aliphatic rings. The number of hydrogen-bond donors (Lipinski definition) is 1. The van der Waals surface area contributed by atoms with Crippen LogP contribution in [0.25, 0.3) is 0 Å². The van der Waals surface area contributed by atoms with Crippen LogP contribution in [0.15, 0.2) is 48.5 Å². The molecule has 7 heteroatoms. The molecule has 28 heavy (non-hydrogen) atoms. The highest BCUT2D eigenvalue weighted by Gasteiger charge is 2.11. The van der Waals surface area contributed by atoms with Gasteiger partial charge in [-0.05, 0) is 42.8 Å². The van der Waals surface area contributed by atoms with E-state index < -0.39 is 10.8 Å². The first-order valence-electron chi connectivity index (χ1n) is 9.34. The lowest BCUT2D eigenvalue weighted by Crippen LogP contribution is -2.12. The van der Waals surface area contributed by atoms with E-state index in [2.05, 4.69) is 12.2 Å². The van der Waals surface area contributed by atoms with Gasteiger partial charge >= 0.3 is 5.97 Å². The maximum Gasteiger partial charge on any atom is 0.338 e. The van der Waals surface area contributed by atoms with Gasteiger partial charge in [0.05, 0.1) is 17.1 Å². The summed E-state index contributed by atoms with van der Waals surface area (Å²) in [7, 11) is 0. The number of amides is 1. The summed E-state index contributed by atoms with van der Waals surface area (Å²) in [4.78, 5) is 34.3. The van der Waals surface area contributed by atoms with Crippen LogP contribution in [-0.2, 0) is 4.74 Å². The van der Waals surface area contributed by atoms with Crippen LogP contribution in [0.3, 0.4) is 0 Å². The summed E-state index contributed by atoms with van der Waals surface area (Å²) in [6.45, 7) is 2.55. The van der Waals surface area contributed by atoms with Crippen LogP contribution in [0.2, 0.25) is 0 Å². The third-order valence-corrected chi connectivity index (χ3v) is 4.20. The fourth-order valence-corrected chi connectivity index (χ4v) is 2.58. The lowest BCUT2D eigenvalue weighted by atomic mass is 10.1. The second-order valence-corrected chi connectivity index (χ2v) is 6.39. The molecule has 0 aliphatic heterocycles. The van der Waals surface area contributed by atoms with E-state index in [0.29, 0.717) is 23.4 Å². The number of carbonyl (C=O) groups excluding carboxylic acids is 2. The average molecular weight is 384 g/mol. The Hall–Kier alpha value is -3.22. The molecule has 7 nitrogen and oxygen atoms in total. The second-order valence-electron chi connectivity index (χ2n) is 6.39. The SMILES string of the molecule is CCCCCCCOC(=O)c1ccc(NC(=O)c2ccc([N+](=O)[O-])cc2)cc1. The minimum absolute atomic E-state index is 0.0789. The van der Waals surface area contributed by atoms with E-state index in [0.717, 1.165) is 19.3 Å². The van der Waals surface area contributed by atoms with Crippen LogP contribution in [0.4, 0.5) is 11.4 Å². The molecule has 0 fully saturated rings. The zero-order chi connectivity index (χ0) is 20.4. The maximum absolute atomic E-state index is 12.2. The Labute approximate surface area is 163 Å². The lowest BCUT2D eigenvalue weighted by Gasteiger charge is -2.07. The first-order valence-corrected chi connectivity index (χ1v) is 9.34. The summed E-state index contributed by atoms with van der Waals surface area (Å²) in [5.74, 6) is -0.777. The van der Waals surface area contributed by atoms with Gasteiger partial charge in [0.15, 0.2) is 0 Å². The minimum Gasteiger partial charge on any atom is -0.462 e. The number of unbranched alkanes of at least 4 members (excludes halogenated alkanes) is 4. The van der Waals surface area contributed by atoms with Crippen LogP contribution in [-0.4, -0.2) is 23.4 Å². The smallest absolute Gasteiger partial charge is 0.338 e. The van der Waals surface area contributed by atoms with Crippen molar-refractivity contribution < 1.29 is 19.2 Å². The molecule has 0 aromatic heterocycles. The number of ether oxygens (including phenoxy) is 1. The Balaban J connectivity index is 1.83. The third kappa shape index (κ3) is 6.50. The Kier molecular flexibility index (Phi) is 8.14. The minimum atomic E-state index is -0.523. The van der Waals surface area contributed by atoms with E-state index in [4.69, 9.17) is 4.74 Å². The van der Waals surface area contributed by atoms with Crippen LogP contribution in [0.1, 0.15) is 59.7 Å². The summed E-state index contributed by atoms with van der Waals surface area (Å²) >= 11 is 0. The number of anilines is 1. The molecule has 0 spiro atoms. The average Bonchev–Trinajstić information content (AvgIpc) is 2.71. The molecule has 0 saturated carbocycles. The van der Waals surface area contributed by atoms with Crippen LogP contribution < -0.4 is 5.32 Å². The van der Waals surface area contributed by atoms with Crippen molar-refractivity contribution in [1.29, 1.82) is 0 Å². The molecule has 0 aliphatic carbocycles. The van der Waals surface area contributed by atoms with Crippen molar-refractivity contribution in [3.05, 3.63) is 69.8 Å². The summed E-state index contributed by atoms with van der Waals surface area (Å²) in [6, 6.07) is 11.7. The standard InChI is InChI=1S/C21H24N2O5/c1-2-3-4-5-6-15-28-21(25)17-7-11-18(12-8-17)22-20(24)16-9-13-19(14-10-16)23(26)27/h7-14H,2-6,15H2,1H3,(H,22,24). The second kappa shape index (κ2) is 10.8. The topological polar surface area (TPSA) is 98.5 Å². The Morgan fingerprint density at radius 2 is 1.54 bits per heavy atom.